The number of anilines is 1. The quantitative estimate of drug-likeness (QED) is 0.460. The molecule has 0 spiro atoms. The number of imidazole rings is 1. The Morgan fingerprint density at radius 2 is 2.35 bits per heavy atom. The molecule has 7 nitrogen and oxygen atoms in total. The number of hydrogen-bond acceptors (Lipinski definition) is 5. The lowest BCUT2D eigenvalue weighted by molar-refractivity contribution is -0.384. The molecule has 2 N–H and O–H groups in total. The zero-order chi connectivity index (χ0) is 14.4. The number of methoxy groups -OCH3 is 1. The van der Waals surface area contributed by atoms with E-state index in [2.05, 4.69) is 15.3 Å². The normalized spacial score (nSPS) is 10.2. The van der Waals surface area contributed by atoms with Crippen molar-refractivity contribution in [1.82, 2.24) is 9.97 Å². The van der Waals surface area contributed by atoms with E-state index in [1.165, 1.54) is 13.2 Å². The molecule has 0 amide bonds. The summed E-state index contributed by atoms with van der Waals surface area (Å²) in [6, 6.07) is 4.76. The number of aromatic amines is 1. The predicted octanol–water partition coefficient (Wildman–Crippen LogP) is 2.37. The summed E-state index contributed by atoms with van der Waals surface area (Å²) in [5, 5.41) is 14.1. The molecule has 2 aromatic rings. The van der Waals surface area contributed by atoms with Gasteiger partial charge in [0.1, 0.15) is 17.3 Å². The Labute approximate surface area is 116 Å². The topological polar surface area (TPSA) is 93.1 Å². The maximum absolute atomic E-state index is 11.0. The molecular formula is C13H16N4O3. The van der Waals surface area contributed by atoms with E-state index in [1.807, 2.05) is 0 Å². The third kappa shape index (κ3) is 3.47. The standard InChI is InChI=1S/C13H16N4O3/c1-20-10-4-5-11(12(9-10)17(18)19)14-6-2-3-13-15-7-8-16-13/h4-5,7-9,14H,2-3,6H2,1H3,(H,15,16). The first kappa shape index (κ1) is 13.9. The minimum absolute atomic E-state index is 0.0161. The second kappa shape index (κ2) is 6.55. The molecule has 1 heterocycles. The van der Waals surface area contributed by atoms with Crippen molar-refractivity contribution in [2.75, 3.05) is 19.0 Å². The van der Waals surface area contributed by atoms with Crippen LogP contribution >= 0.6 is 0 Å². The van der Waals surface area contributed by atoms with E-state index in [-0.39, 0.29) is 5.69 Å². The molecule has 0 bridgehead atoms. The lowest BCUT2D eigenvalue weighted by Crippen LogP contribution is -2.06. The van der Waals surface area contributed by atoms with E-state index in [1.54, 1.807) is 24.5 Å². The van der Waals surface area contributed by atoms with E-state index in [0.717, 1.165) is 18.7 Å². The molecule has 1 aromatic carbocycles. The number of nitro groups is 1. The van der Waals surface area contributed by atoms with E-state index in [4.69, 9.17) is 4.74 Å². The number of nitrogens with one attached hydrogen (secondary N) is 2. The highest BCUT2D eigenvalue weighted by Crippen LogP contribution is 2.28. The van der Waals surface area contributed by atoms with E-state index in [9.17, 15) is 10.1 Å². The van der Waals surface area contributed by atoms with Crippen LogP contribution < -0.4 is 10.1 Å². The molecule has 0 radical (unpaired) electrons. The van der Waals surface area contributed by atoms with Gasteiger partial charge in [-0.25, -0.2) is 4.98 Å². The monoisotopic (exact) mass is 276 g/mol. The largest absolute Gasteiger partial charge is 0.496 e. The molecule has 0 saturated heterocycles. The number of nitrogens with zero attached hydrogens (tertiary/aromatic N) is 2. The number of H-pyrrole nitrogens is 1. The first-order valence-corrected chi connectivity index (χ1v) is 6.25. The summed E-state index contributed by atoms with van der Waals surface area (Å²) in [7, 11) is 1.48. The van der Waals surface area contributed by atoms with Crippen molar-refractivity contribution in [2.45, 2.75) is 12.8 Å². The van der Waals surface area contributed by atoms with Crippen LogP contribution in [0.2, 0.25) is 0 Å². The predicted molar refractivity (Wildman–Crippen MR) is 75.0 cm³/mol. The molecule has 0 saturated carbocycles. The van der Waals surface area contributed by atoms with Gasteiger partial charge in [0.25, 0.3) is 5.69 Å². The second-order valence-electron chi connectivity index (χ2n) is 4.21. The minimum Gasteiger partial charge on any atom is -0.496 e. The maximum atomic E-state index is 11.0. The van der Waals surface area contributed by atoms with Crippen LogP contribution in [0.1, 0.15) is 12.2 Å². The molecule has 0 aliphatic rings. The van der Waals surface area contributed by atoms with Crippen LogP contribution in [0.15, 0.2) is 30.6 Å². The van der Waals surface area contributed by atoms with Crippen molar-refractivity contribution in [3.63, 3.8) is 0 Å². The van der Waals surface area contributed by atoms with Crippen LogP contribution in [0.3, 0.4) is 0 Å². The fourth-order valence-electron chi connectivity index (χ4n) is 1.85. The van der Waals surface area contributed by atoms with Gasteiger partial charge >= 0.3 is 0 Å². The molecule has 7 heteroatoms. The molecule has 0 aliphatic carbocycles. The van der Waals surface area contributed by atoms with Crippen molar-refractivity contribution in [3.8, 4) is 5.75 Å². The number of nitro benzene ring substituents is 1. The molecule has 0 fully saturated rings. The van der Waals surface area contributed by atoms with Crippen molar-refractivity contribution < 1.29 is 9.66 Å². The van der Waals surface area contributed by atoms with Gasteiger partial charge in [0.2, 0.25) is 0 Å². The summed E-state index contributed by atoms with van der Waals surface area (Å²) in [4.78, 5) is 17.7. The summed E-state index contributed by atoms with van der Waals surface area (Å²) >= 11 is 0. The highest BCUT2D eigenvalue weighted by atomic mass is 16.6. The van der Waals surface area contributed by atoms with Gasteiger partial charge in [-0.15, -0.1) is 0 Å². The van der Waals surface area contributed by atoms with Gasteiger partial charge in [0.15, 0.2) is 0 Å². The van der Waals surface area contributed by atoms with Gasteiger partial charge in [-0.2, -0.15) is 0 Å². The van der Waals surface area contributed by atoms with Crippen LogP contribution in [0.25, 0.3) is 0 Å². The zero-order valence-electron chi connectivity index (χ0n) is 11.1. The van der Waals surface area contributed by atoms with Crippen molar-refractivity contribution in [2.24, 2.45) is 0 Å². The summed E-state index contributed by atoms with van der Waals surface area (Å²) in [6.45, 7) is 0.633. The van der Waals surface area contributed by atoms with Crippen molar-refractivity contribution in [3.05, 3.63) is 46.5 Å². The summed E-state index contributed by atoms with van der Waals surface area (Å²) < 4.78 is 4.99. The van der Waals surface area contributed by atoms with E-state index >= 15 is 0 Å². The van der Waals surface area contributed by atoms with Crippen molar-refractivity contribution in [1.29, 1.82) is 0 Å². The van der Waals surface area contributed by atoms with Crippen LogP contribution in [0.5, 0.6) is 5.75 Å². The van der Waals surface area contributed by atoms with E-state index < -0.39 is 4.92 Å². The molecule has 1 aromatic heterocycles. The Kier molecular flexibility index (Phi) is 4.54. The lowest BCUT2D eigenvalue weighted by atomic mass is 10.2. The Morgan fingerprint density at radius 1 is 1.50 bits per heavy atom. The molecule has 0 aliphatic heterocycles. The van der Waals surface area contributed by atoms with Gasteiger partial charge < -0.3 is 15.0 Å². The average molecular weight is 276 g/mol. The number of benzene rings is 1. The molecule has 0 unspecified atom stereocenters. The third-order valence-electron chi connectivity index (χ3n) is 2.86. The highest BCUT2D eigenvalue weighted by molar-refractivity contribution is 5.63. The second-order valence-corrected chi connectivity index (χ2v) is 4.21. The number of aromatic nitrogens is 2. The van der Waals surface area contributed by atoms with Gasteiger partial charge in [-0.05, 0) is 18.6 Å². The van der Waals surface area contributed by atoms with Gasteiger partial charge in [0, 0.05) is 25.4 Å². The minimum atomic E-state index is -0.419. The maximum Gasteiger partial charge on any atom is 0.296 e. The average Bonchev–Trinajstić information content (AvgIpc) is 2.96. The third-order valence-corrected chi connectivity index (χ3v) is 2.86. The Balaban J connectivity index is 1.93. The van der Waals surface area contributed by atoms with Gasteiger partial charge in [-0.1, -0.05) is 0 Å². The fraction of sp³-hybridized carbons (Fsp3) is 0.308. The Hall–Kier alpha value is -2.57. The summed E-state index contributed by atoms with van der Waals surface area (Å²) in [5.74, 6) is 1.38. The Bertz CT molecular complexity index is 569. The molecule has 0 atom stereocenters. The van der Waals surface area contributed by atoms with Crippen LogP contribution in [-0.4, -0.2) is 28.5 Å². The molecule has 20 heavy (non-hydrogen) atoms. The van der Waals surface area contributed by atoms with Gasteiger partial charge in [0.05, 0.1) is 18.1 Å². The zero-order valence-corrected chi connectivity index (χ0v) is 11.1. The fourth-order valence-corrected chi connectivity index (χ4v) is 1.85. The first-order chi connectivity index (χ1) is 9.70. The SMILES string of the molecule is COc1ccc(NCCCc2ncc[nH]2)c([N+](=O)[O-])c1. The summed E-state index contributed by atoms with van der Waals surface area (Å²) in [6.07, 6.45) is 5.11. The first-order valence-electron chi connectivity index (χ1n) is 6.25. The number of rotatable bonds is 7. The van der Waals surface area contributed by atoms with Crippen LogP contribution in [0, 0.1) is 10.1 Å². The lowest BCUT2D eigenvalue weighted by Gasteiger charge is -2.08. The Morgan fingerprint density at radius 3 is 3.00 bits per heavy atom. The van der Waals surface area contributed by atoms with Gasteiger partial charge in [-0.3, -0.25) is 10.1 Å². The van der Waals surface area contributed by atoms with Crippen LogP contribution in [-0.2, 0) is 6.42 Å². The number of hydrogen-bond donors (Lipinski definition) is 2. The van der Waals surface area contributed by atoms with E-state index in [0.29, 0.717) is 18.0 Å². The van der Waals surface area contributed by atoms with Crippen molar-refractivity contribution >= 4 is 11.4 Å². The summed E-state index contributed by atoms with van der Waals surface area (Å²) in [5.41, 5.74) is 0.512. The number of aryl methyl sites for hydroxylation is 1. The molecular weight excluding hydrogens is 260 g/mol. The molecule has 2 rings (SSSR count). The number of ether oxygens (including phenoxy) is 1. The smallest absolute Gasteiger partial charge is 0.296 e. The highest BCUT2D eigenvalue weighted by Gasteiger charge is 2.14. The van der Waals surface area contributed by atoms with Crippen LogP contribution in [0.4, 0.5) is 11.4 Å². The molecule has 106 valence electrons.